The summed E-state index contributed by atoms with van der Waals surface area (Å²) < 4.78 is 13.3. The Kier molecular flexibility index (Phi) is 3.69. The number of hydrogen-bond acceptors (Lipinski definition) is 1. The Morgan fingerprint density at radius 3 is 2.56 bits per heavy atom. The van der Waals surface area contributed by atoms with E-state index >= 15 is 0 Å². The van der Waals surface area contributed by atoms with E-state index in [2.05, 4.69) is 0 Å². The van der Waals surface area contributed by atoms with Crippen LogP contribution < -0.4 is 0 Å². The molecule has 2 aromatic rings. The molecule has 0 aliphatic heterocycles. The van der Waals surface area contributed by atoms with Gasteiger partial charge in [-0.1, -0.05) is 29.3 Å². The fraction of sp³-hybridized carbons (Fsp3) is 0.0714. The molecule has 1 nitrogen and oxygen atoms in total. The van der Waals surface area contributed by atoms with Gasteiger partial charge in [-0.3, -0.25) is 4.79 Å². The monoisotopic (exact) mass is 282 g/mol. The van der Waals surface area contributed by atoms with E-state index in [0.717, 1.165) is 0 Å². The second-order valence-electron chi connectivity index (χ2n) is 3.95. The SMILES string of the molecule is Cc1cc(F)cc(C(=O)c2cccc(Cl)c2Cl)c1. The number of halogens is 3. The van der Waals surface area contributed by atoms with Crippen molar-refractivity contribution in [3.05, 3.63) is 69.0 Å². The molecule has 0 heterocycles. The predicted octanol–water partition coefficient (Wildman–Crippen LogP) is 4.67. The minimum Gasteiger partial charge on any atom is -0.289 e. The normalized spacial score (nSPS) is 10.4. The number of carbonyl (C=O) groups is 1. The first kappa shape index (κ1) is 13.1. The van der Waals surface area contributed by atoms with Crippen LogP contribution >= 0.6 is 23.2 Å². The second-order valence-corrected chi connectivity index (χ2v) is 4.73. The average molecular weight is 283 g/mol. The van der Waals surface area contributed by atoms with Gasteiger partial charge in [-0.25, -0.2) is 4.39 Å². The van der Waals surface area contributed by atoms with E-state index in [1.165, 1.54) is 12.1 Å². The molecular formula is C14H9Cl2FO. The molecular weight excluding hydrogens is 274 g/mol. The molecule has 0 aliphatic rings. The first-order chi connectivity index (χ1) is 8.49. The van der Waals surface area contributed by atoms with Crippen LogP contribution in [0.2, 0.25) is 10.0 Å². The molecule has 92 valence electrons. The van der Waals surface area contributed by atoms with Gasteiger partial charge in [0.15, 0.2) is 5.78 Å². The lowest BCUT2D eigenvalue weighted by molar-refractivity contribution is 0.103. The topological polar surface area (TPSA) is 17.1 Å². The Bertz CT molecular complexity index is 603. The van der Waals surface area contributed by atoms with Crippen LogP contribution in [-0.2, 0) is 0 Å². The Labute approximate surface area is 114 Å². The van der Waals surface area contributed by atoms with Gasteiger partial charge in [-0.15, -0.1) is 0 Å². The van der Waals surface area contributed by atoms with E-state index in [1.54, 1.807) is 31.2 Å². The van der Waals surface area contributed by atoms with Gasteiger partial charge < -0.3 is 0 Å². The van der Waals surface area contributed by atoms with Crippen molar-refractivity contribution >= 4 is 29.0 Å². The second kappa shape index (κ2) is 5.09. The van der Waals surface area contributed by atoms with Crippen molar-refractivity contribution in [3.63, 3.8) is 0 Å². The van der Waals surface area contributed by atoms with Crippen molar-refractivity contribution in [3.8, 4) is 0 Å². The molecule has 0 fully saturated rings. The molecule has 0 amide bonds. The molecule has 0 unspecified atom stereocenters. The zero-order chi connectivity index (χ0) is 13.3. The molecule has 0 saturated heterocycles. The standard InChI is InChI=1S/C14H9Cl2FO/c1-8-5-9(7-10(17)6-8)14(18)11-3-2-4-12(15)13(11)16/h2-7H,1H3. The molecule has 0 bridgehead atoms. The highest BCUT2D eigenvalue weighted by Gasteiger charge is 2.15. The highest BCUT2D eigenvalue weighted by atomic mass is 35.5. The highest BCUT2D eigenvalue weighted by molar-refractivity contribution is 6.44. The molecule has 0 atom stereocenters. The van der Waals surface area contributed by atoms with E-state index < -0.39 is 5.82 Å². The quantitative estimate of drug-likeness (QED) is 0.732. The Morgan fingerprint density at radius 2 is 1.89 bits per heavy atom. The zero-order valence-corrected chi connectivity index (χ0v) is 11.0. The maximum absolute atomic E-state index is 13.3. The van der Waals surface area contributed by atoms with E-state index in [9.17, 15) is 9.18 Å². The lowest BCUT2D eigenvalue weighted by atomic mass is 10.0. The van der Waals surface area contributed by atoms with Crippen molar-refractivity contribution in [1.82, 2.24) is 0 Å². The number of benzene rings is 2. The lowest BCUT2D eigenvalue weighted by Crippen LogP contribution is -2.03. The molecule has 18 heavy (non-hydrogen) atoms. The largest absolute Gasteiger partial charge is 0.289 e. The third-order valence-corrected chi connectivity index (χ3v) is 3.32. The minimum atomic E-state index is -0.448. The third-order valence-electron chi connectivity index (χ3n) is 2.50. The number of rotatable bonds is 2. The van der Waals surface area contributed by atoms with Gasteiger partial charge in [0.25, 0.3) is 0 Å². The summed E-state index contributed by atoms with van der Waals surface area (Å²) >= 11 is 11.8. The summed E-state index contributed by atoms with van der Waals surface area (Å²) in [5.41, 5.74) is 1.21. The maximum Gasteiger partial charge on any atom is 0.194 e. The van der Waals surface area contributed by atoms with Gasteiger partial charge in [0.05, 0.1) is 10.0 Å². The van der Waals surface area contributed by atoms with Gasteiger partial charge in [0.1, 0.15) is 5.82 Å². The number of ketones is 1. The average Bonchev–Trinajstić information content (AvgIpc) is 2.30. The lowest BCUT2D eigenvalue weighted by Gasteiger charge is -2.06. The number of carbonyl (C=O) groups excluding carboxylic acids is 1. The van der Waals surface area contributed by atoms with Crippen LogP contribution in [0.4, 0.5) is 4.39 Å². The van der Waals surface area contributed by atoms with Crippen LogP contribution in [-0.4, -0.2) is 5.78 Å². The molecule has 0 radical (unpaired) electrons. The van der Waals surface area contributed by atoms with E-state index in [-0.39, 0.29) is 21.9 Å². The van der Waals surface area contributed by atoms with Crippen LogP contribution in [0.1, 0.15) is 21.5 Å². The summed E-state index contributed by atoms with van der Waals surface area (Å²) in [6.45, 7) is 1.72. The minimum absolute atomic E-state index is 0.186. The van der Waals surface area contributed by atoms with Crippen LogP contribution in [0.25, 0.3) is 0 Å². The van der Waals surface area contributed by atoms with Gasteiger partial charge in [0, 0.05) is 11.1 Å². The molecule has 0 spiro atoms. The van der Waals surface area contributed by atoms with Crippen molar-refractivity contribution < 1.29 is 9.18 Å². The van der Waals surface area contributed by atoms with Crippen molar-refractivity contribution in [1.29, 1.82) is 0 Å². The van der Waals surface area contributed by atoms with Crippen LogP contribution in [0.15, 0.2) is 36.4 Å². The van der Waals surface area contributed by atoms with Gasteiger partial charge in [-0.2, -0.15) is 0 Å². The Morgan fingerprint density at radius 1 is 1.17 bits per heavy atom. The maximum atomic E-state index is 13.3. The van der Waals surface area contributed by atoms with Crippen molar-refractivity contribution in [2.45, 2.75) is 6.92 Å². The van der Waals surface area contributed by atoms with Gasteiger partial charge >= 0.3 is 0 Å². The first-order valence-electron chi connectivity index (χ1n) is 5.25. The van der Waals surface area contributed by atoms with Crippen LogP contribution in [0.5, 0.6) is 0 Å². The Balaban J connectivity index is 2.51. The summed E-state index contributed by atoms with van der Waals surface area (Å²) in [5.74, 6) is -0.790. The third kappa shape index (κ3) is 2.55. The predicted molar refractivity (Wildman–Crippen MR) is 71.0 cm³/mol. The summed E-state index contributed by atoms with van der Waals surface area (Å²) in [7, 11) is 0. The fourth-order valence-electron chi connectivity index (χ4n) is 1.70. The molecule has 0 aromatic heterocycles. The van der Waals surface area contributed by atoms with E-state index in [1.807, 2.05) is 0 Å². The Hall–Kier alpha value is -1.38. The van der Waals surface area contributed by atoms with Gasteiger partial charge in [-0.05, 0) is 42.8 Å². The summed E-state index contributed by atoms with van der Waals surface area (Å²) in [6.07, 6.45) is 0. The molecule has 2 aromatic carbocycles. The molecule has 0 saturated carbocycles. The summed E-state index contributed by atoms with van der Waals surface area (Å²) in [4.78, 5) is 12.2. The number of aryl methyl sites for hydroxylation is 1. The van der Waals surface area contributed by atoms with E-state index in [4.69, 9.17) is 23.2 Å². The number of hydrogen-bond donors (Lipinski definition) is 0. The van der Waals surface area contributed by atoms with E-state index in [0.29, 0.717) is 10.6 Å². The van der Waals surface area contributed by atoms with Crippen LogP contribution in [0, 0.1) is 12.7 Å². The zero-order valence-electron chi connectivity index (χ0n) is 9.51. The molecule has 0 aliphatic carbocycles. The molecule has 0 N–H and O–H groups in total. The summed E-state index contributed by atoms with van der Waals surface area (Å²) in [5, 5.41) is 0.488. The fourth-order valence-corrected chi connectivity index (χ4v) is 2.09. The summed E-state index contributed by atoms with van der Waals surface area (Å²) in [6, 6.07) is 8.95. The van der Waals surface area contributed by atoms with Gasteiger partial charge in [0.2, 0.25) is 0 Å². The highest BCUT2D eigenvalue weighted by Crippen LogP contribution is 2.27. The first-order valence-corrected chi connectivity index (χ1v) is 6.00. The van der Waals surface area contributed by atoms with Crippen LogP contribution in [0.3, 0.4) is 0 Å². The van der Waals surface area contributed by atoms with Crippen molar-refractivity contribution in [2.75, 3.05) is 0 Å². The molecule has 4 heteroatoms. The molecule has 2 rings (SSSR count). The van der Waals surface area contributed by atoms with Crippen molar-refractivity contribution in [2.24, 2.45) is 0 Å². The smallest absolute Gasteiger partial charge is 0.194 e.